The molecule has 29 heavy (non-hydrogen) atoms. The number of nitrogens with one attached hydrogen (secondary N) is 2. The number of hydrazine groups is 1. The molecule has 0 radical (unpaired) electrons. The summed E-state index contributed by atoms with van der Waals surface area (Å²) < 4.78 is 101. The summed E-state index contributed by atoms with van der Waals surface area (Å²) in [7, 11) is 0. The van der Waals surface area contributed by atoms with Crippen LogP contribution in [0.15, 0.2) is 36.0 Å². The average Bonchev–Trinajstić information content (AvgIpc) is 2.60. The van der Waals surface area contributed by atoms with Crippen LogP contribution in [0.5, 0.6) is 0 Å². The molecule has 2 N–H and O–H groups in total. The van der Waals surface area contributed by atoms with Crippen LogP contribution >= 0.6 is 11.8 Å². The number of thioether (sulfide) groups is 1. The van der Waals surface area contributed by atoms with Gasteiger partial charge in [-0.1, -0.05) is 12.1 Å². The number of carbonyl (C=O) groups is 2. The van der Waals surface area contributed by atoms with Gasteiger partial charge in [0.15, 0.2) is 0 Å². The summed E-state index contributed by atoms with van der Waals surface area (Å²) in [6.07, 6.45) is -6.80. The summed E-state index contributed by atoms with van der Waals surface area (Å²) in [5.41, 5.74) is 4.03. The van der Waals surface area contributed by atoms with Gasteiger partial charge in [-0.3, -0.25) is 15.0 Å². The molecule has 0 aromatic heterocycles. The van der Waals surface area contributed by atoms with Gasteiger partial charge >= 0.3 is 18.0 Å². The smallest absolute Gasteiger partial charge is 0.303 e. The van der Waals surface area contributed by atoms with E-state index in [2.05, 4.69) is 0 Å². The molecule has 0 atom stereocenters. The quantitative estimate of drug-likeness (QED) is 0.340. The lowest BCUT2D eigenvalue weighted by Crippen LogP contribution is -2.55. The van der Waals surface area contributed by atoms with Gasteiger partial charge in [0.05, 0.1) is 5.75 Å². The lowest BCUT2D eigenvalue weighted by atomic mass is 10.1. The highest BCUT2D eigenvalue weighted by atomic mass is 32.2. The Morgan fingerprint density at radius 3 is 2.07 bits per heavy atom. The molecular weight excluding hydrogens is 436 g/mol. The Bertz CT molecular complexity index is 763. The van der Waals surface area contributed by atoms with Crippen molar-refractivity contribution in [3.05, 3.63) is 47.4 Å². The molecule has 13 heteroatoms. The summed E-state index contributed by atoms with van der Waals surface area (Å²) in [4.78, 5) is 22.8. The maximum atomic E-state index is 13.2. The minimum atomic E-state index is -6.63. The third kappa shape index (κ3) is 6.61. The summed E-state index contributed by atoms with van der Waals surface area (Å²) >= 11 is 1.09. The molecule has 0 saturated heterocycles. The molecule has 0 aliphatic carbocycles. The molecule has 0 unspecified atom stereocenters. The van der Waals surface area contributed by atoms with Gasteiger partial charge in [0, 0.05) is 17.5 Å². The van der Waals surface area contributed by atoms with Gasteiger partial charge in [-0.2, -0.15) is 30.7 Å². The van der Waals surface area contributed by atoms with Gasteiger partial charge in [0.25, 0.3) is 0 Å². The van der Waals surface area contributed by atoms with E-state index in [1.165, 1.54) is 24.3 Å². The summed E-state index contributed by atoms with van der Waals surface area (Å²) in [6, 6.07) is 5.43. The Morgan fingerprint density at radius 2 is 1.55 bits per heavy atom. The monoisotopic (exact) mass is 450 g/mol. The fourth-order valence-corrected chi connectivity index (χ4v) is 2.49. The van der Waals surface area contributed by atoms with E-state index in [1.54, 1.807) is 0 Å². The van der Waals surface area contributed by atoms with Crippen LogP contribution in [-0.4, -0.2) is 35.5 Å². The van der Waals surface area contributed by atoms with Crippen LogP contribution in [-0.2, 0) is 15.3 Å². The molecule has 0 heterocycles. The van der Waals surface area contributed by atoms with Crippen molar-refractivity contribution in [3.63, 3.8) is 0 Å². The number of halogens is 8. The van der Waals surface area contributed by atoms with Crippen molar-refractivity contribution in [1.29, 1.82) is 0 Å². The SMILES string of the molecule is C/C(=C\C(=O)C(F)(F)C(F)(F)C(F)(F)F)NNC(=O)CSCc1ccc(F)cc1. The Morgan fingerprint density at radius 1 is 1.00 bits per heavy atom. The lowest BCUT2D eigenvalue weighted by Gasteiger charge is -2.26. The van der Waals surface area contributed by atoms with Gasteiger partial charge in [-0.25, -0.2) is 4.39 Å². The second kappa shape index (κ2) is 9.46. The van der Waals surface area contributed by atoms with E-state index in [1.807, 2.05) is 10.9 Å². The van der Waals surface area contributed by atoms with Crippen molar-refractivity contribution in [2.75, 3.05) is 5.75 Å². The number of allylic oxidation sites excluding steroid dienone is 2. The predicted octanol–water partition coefficient (Wildman–Crippen LogP) is 3.99. The van der Waals surface area contributed by atoms with E-state index < -0.39 is 41.2 Å². The standard InChI is InChI=1S/C16H14F8N2O2S/c1-9(6-12(27)14(18,19)15(20,21)16(22,23)24)25-26-13(28)8-29-7-10-2-4-11(17)5-3-10/h2-6,25H,7-8H2,1H3,(H,26,28)/b9-6+. The lowest BCUT2D eigenvalue weighted by molar-refractivity contribution is -0.342. The van der Waals surface area contributed by atoms with E-state index in [0.717, 1.165) is 18.7 Å². The summed E-state index contributed by atoms with van der Waals surface area (Å²) in [6.45, 7) is 0.894. The molecule has 1 aromatic carbocycles. The van der Waals surface area contributed by atoms with Crippen molar-refractivity contribution in [2.45, 2.75) is 30.7 Å². The Labute approximate surface area is 163 Å². The van der Waals surface area contributed by atoms with E-state index in [4.69, 9.17) is 0 Å². The minimum absolute atomic E-state index is 0.159. The molecular formula is C16H14F8N2O2S. The van der Waals surface area contributed by atoms with Gasteiger partial charge in [0.1, 0.15) is 5.82 Å². The fourth-order valence-electron chi connectivity index (χ4n) is 1.70. The molecule has 0 saturated carbocycles. The molecule has 0 bridgehead atoms. The molecule has 0 fully saturated rings. The first kappa shape index (κ1) is 24.7. The number of rotatable bonds is 9. The number of carbonyl (C=O) groups excluding carboxylic acids is 2. The van der Waals surface area contributed by atoms with E-state index in [9.17, 15) is 44.7 Å². The van der Waals surface area contributed by atoms with Crippen LogP contribution in [0.4, 0.5) is 35.1 Å². The van der Waals surface area contributed by atoms with Crippen LogP contribution in [0.25, 0.3) is 0 Å². The minimum Gasteiger partial charge on any atom is -0.303 e. The summed E-state index contributed by atoms with van der Waals surface area (Å²) in [5, 5.41) is 0. The molecule has 162 valence electrons. The normalized spacial score (nSPS) is 13.2. The van der Waals surface area contributed by atoms with E-state index in [-0.39, 0.29) is 11.8 Å². The maximum Gasteiger partial charge on any atom is 0.460 e. The van der Waals surface area contributed by atoms with Crippen LogP contribution in [0.1, 0.15) is 12.5 Å². The highest BCUT2D eigenvalue weighted by Gasteiger charge is 2.75. The molecule has 0 spiro atoms. The van der Waals surface area contributed by atoms with E-state index in [0.29, 0.717) is 11.3 Å². The van der Waals surface area contributed by atoms with Crippen LogP contribution in [0.2, 0.25) is 0 Å². The Balaban J connectivity index is 2.54. The number of benzene rings is 1. The van der Waals surface area contributed by atoms with Crippen molar-refractivity contribution in [1.82, 2.24) is 10.9 Å². The number of amides is 1. The van der Waals surface area contributed by atoms with Crippen molar-refractivity contribution in [3.8, 4) is 0 Å². The maximum absolute atomic E-state index is 13.2. The largest absolute Gasteiger partial charge is 0.460 e. The molecule has 4 nitrogen and oxygen atoms in total. The molecule has 1 aromatic rings. The molecule has 1 amide bonds. The topological polar surface area (TPSA) is 58.2 Å². The predicted molar refractivity (Wildman–Crippen MR) is 88.6 cm³/mol. The zero-order chi connectivity index (χ0) is 22.5. The number of ketones is 1. The number of hydrogen-bond acceptors (Lipinski definition) is 4. The third-order valence-electron chi connectivity index (χ3n) is 3.22. The zero-order valence-electron chi connectivity index (χ0n) is 14.5. The van der Waals surface area contributed by atoms with E-state index >= 15 is 0 Å². The van der Waals surface area contributed by atoms with Crippen LogP contribution in [0, 0.1) is 5.82 Å². The highest BCUT2D eigenvalue weighted by Crippen LogP contribution is 2.47. The van der Waals surface area contributed by atoms with Crippen LogP contribution in [0.3, 0.4) is 0 Å². The first-order chi connectivity index (χ1) is 13.2. The molecule has 0 aliphatic heterocycles. The van der Waals surface area contributed by atoms with Crippen LogP contribution < -0.4 is 10.9 Å². The van der Waals surface area contributed by atoms with Crippen molar-refractivity contribution in [2.24, 2.45) is 0 Å². The average molecular weight is 450 g/mol. The van der Waals surface area contributed by atoms with Gasteiger partial charge < -0.3 is 5.43 Å². The van der Waals surface area contributed by atoms with Crippen molar-refractivity contribution < 1.29 is 44.7 Å². The first-order valence-corrected chi connectivity index (χ1v) is 8.76. The van der Waals surface area contributed by atoms with Gasteiger partial charge in [-0.05, 0) is 24.6 Å². The first-order valence-electron chi connectivity index (χ1n) is 7.60. The molecule has 1 rings (SSSR count). The third-order valence-corrected chi connectivity index (χ3v) is 4.23. The number of alkyl halides is 7. The highest BCUT2D eigenvalue weighted by molar-refractivity contribution is 7.99. The van der Waals surface area contributed by atoms with Gasteiger partial charge in [-0.15, -0.1) is 11.8 Å². The second-order valence-electron chi connectivity index (χ2n) is 5.63. The number of hydrogen-bond donors (Lipinski definition) is 2. The molecule has 0 aliphatic rings. The Hall–Kier alpha value is -2.31. The Kier molecular flexibility index (Phi) is 8.07. The fraction of sp³-hybridized carbons (Fsp3) is 0.375. The van der Waals surface area contributed by atoms with Crippen molar-refractivity contribution >= 4 is 23.5 Å². The summed E-state index contributed by atoms with van der Waals surface area (Å²) in [5.74, 6) is -16.3. The second-order valence-corrected chi connectivity index (χ2v) is 6.62. The zero-order valence-corrected chi connectivity index (χ0v) is 15.4. The van der Waals surface area contributed by atoms with Gasteiger partial charge in [0.2, 0.25) is 11.7 Å².